The van der Waals surface area contributed by atoms with E-state index in [1.807, 2.05) is 12.1 Å². The van der Waals surface area contributed by atoms with Crippen LogP contribution in [0.4, 0.5) is 16.3 Å². The smallest absolute Gasteiger partial charge is 0.412 e. The van der Waals surface area contributed by atoms with Gasteiger partial charge in [0, 0.05) is 49.7 Å². The molecule has 2 heterocycles. The van der Waals surface area contributed by atoms with E-state index in [4.69, 9.17) is 4.74 Å². The van der Waals surface area contributed by atoms with Gasteiger partial charge in [-0.2, -0.15) is 5.10 Å². The van der Waals surface area contributed by atoms with Crippen LogP contribution in [0.3, 0.4) is 0 Å². The molecule has 0 aliphatic carbocycles. The standard InChI is InChI=1S/C20H25N5O4/c1-20(2,3)29-19(28)22-15-11-14(12-16(26)13-15)18(27)25-9-7-24(8-10-25)17-5-4-6-21-23-17/h4-6,11-13,26H,7-10H2,1-3H3,(H,22,28). The third kappa shape index (κ3) is 5.56. The van der Waals surface area contributed by atoms with Crippen molar-refractivity contribution in [1.82, 2.24) is 15.1 Å². The van der Waals surface area contributed by atoms with Gasteiger partial charge in [-0.3, -0.25) is 10.1 Å². The molecule has 0 saturated carbocycles. The van der Waals surface area contributed by atoms with E-state index in [9.17, 15) is 14.7 Å². The second kappa shape index (κ2) is 8.34. The summed E-state index contributed by atoms with van der Waals surface area (Å²) in [4.78, 5) is 28.6. The van der Waals surface area contributed by atoms with Crippen LogP contribution in [0, 0.1) is 0 Å². The first-order chi connectivity index (χ1) is 13.7. The zero-order valence-corrected chi connectivity index (χ0v) is 16.8. The number of aromatic nitrogens is 2. The second-order valence-corrected chi connectivity index (χ2v) is 7.76. The number of nitrogens with zero attached hydrogens (tertiary/aromatic N) is 4. The molecule has 9 nitrogen and oxygen atoms in total. The lowest BCUT2D eigenvalue weighted by Gasteiger charge is -2.35. The number of phenols is 1. The van der Waals surface area contributed by atoms with Gasteiger partial charge in [-0.15, -0.1) is 5.10 Å². The van der Waals surface area contributed by atoms with Crippen molar-refractivity contribution in [2.45, 2.75) is 26.4 Å². The summed E-state index contributed by atoms with van der Waals surface area (Å²) in [5.41, 5.74) is -0.0626. The number of piperazine rings is 1. The lowest BCUT2D eigenvalue weighted by molar-refractivity contribution is 0.0634. The Kier molecular flexibility index (Phi) is 5.86. The summed E-state index contributed by atoms with van der Waals surface area (Å²) in [5.74, 6) is 0.452. The number of anilines is 2. The molecule has 1 fully saturated rings. The van der Waals surface area contributed by atoms with Crippen molar-refractivity contribution in [3.8, 4) is 5.75 Å². The Bertz CT molecular complexity index is 874. The first kappa shape index (κ1) is 20.4. The average molecular weight is 399 g/mol. The number of carbonyl (C=O) groups excluding carboxylic acids is 2. The number of rotatable bonds is 3. The van der Waals surface area contributed by atoms with Gasteiger partial charge in [0.05, 0.1) is 0 Å². The maximum atomic E-state index is 12.9. The highest BCUT2D eigenvalue weighted by Crippen LogP contribution is 2.23. The van der Waals surface area contributed by atoms with Crippen LogP contribution in [0.2, 0.25) is 0 Å². The first-order valence-electron chi connectivity index (χ1n) is 9.37. The number of benzene rings is 1. The van der Waals surface area contributed by atoms with Gasteiger partial charge >= 0.3 is 6.09 Å². The minimum atomic E-state index is -0.654. The molecule has 0 bridgehead atoms. The molecular formula is C20H25N5O4. The molecule has 0 unspecified atom stereocenters. The van der Waals surface area contributed by atoms with Crippen LogP contribution >= 0.6 is 0 Å². The molecule has 1 aromatic heterocycles. The third-order valence-electron chi connectivity index (χ3n) is 4.26. The molecule has 0 spiro atoms. The quantitative estimate of drug-likeness (QED) is 0.816. The topological polar surface area (TPSA) is 108 Å². The van der Waals surface area contributed by atoms with Crippen molar-refractivity contribution in [1.29, 1.82) is 0 Å². The summed E-state index contributed by atoms with van der Waals surface area (Å²) in [7, 11) is 0. The van der Waals surface area contributed by atoms with Crippen LogP contribution in [0.1, 0.15) is 31.1 Å². The number of ether oxygens (including phenoxy) is 1. The molecule has 29 heavy (non-hydrogen) atoms. The fourth-order valence-corrected chi connectivity index (χ4v) is 3.01. The molecule has 0 atom stereocenters. The van der Waals surface area contributed by atoms with E-state index in [1.165, 1.54) is 18.2 Å². The summed E-state index contributed by atoms with van der Waals surface area (Å²) >= 11 is 0. The number of aromatic hydroxyl groups is 1. The van der Waals surface area contributed by atoms with Crippen molar-refractivity contribution >= 4 is 23.5 Å². The molecule has 1 saturated heterocycles. The predicted octanol–water partition coefficient (Wildman–Crippen LogP) is 2.49. The van der Waals surface area contributed by atoms with Crippen LogP contribution in [0.15, 0.2) is 36.5 Å². The number of hydrogen-bond donors (Lipinski definition) is 2. The van der Waals surface area contributed by atoms with Gasteiger partial charge in [-0.1, -0.05) is 0 Å². The second-order valence-electron chi connectivity index (χ2n) is 7.76. The summed E-state index contributed by atoms with van der Waals surface area (Å²) < 4.78 is 5.21. The minimum absolute atomic E-state index is 0.111. The normalized spacial score (nSPS) is 14.4. The number of carbonyl (C=O) groups is 2. The Morgan fingerprint density at radius 1 is 1.14 bits per heavy atom. The van der Waals surface area contributed by atoms with Crippen LogP contribution in [0.5, 0.6) is 5.75 Å². The molecule has 1 aliphatic heterocycles. The molecule has 1 aromatic carbocycles. The highest BCUT2D eigenvalue weighted by molar-refractivity contribution is 5.97. The van der Waals surface area contributed by atoms with Gasteiger partial charge < -0.3 is 19.6 Å². The van der Waals surface area contributed by atoms with E-state index in [0.717, 1.165) is 5.82 Å². The van der Waals surface area contributed by atoms with Crippen molar-refractivity contribution in [2.75, 3.05) is 36.4 Å². The summed E-state index contributed by atoms with van der Waals surface area (Å²) in [5, 5.41) is 20.5. The number of amides is 2. The van der Waals surface area contributed by atoms with E-state index >= 15 is 0 Å². The Morgan fingerprint density at radius 2 is 1.86 bits per heavy atom. The van der Waals surface area contributed by atoms with Gasteiger partial charge in [-0.25, -0.2) is 4.79 Å². The Balaban J connectivity index is 1.65. The molecule has 2 aromatic rings. The van der Waals surface area contributed by atoms with Gasteiger partial charge in [0.25, 0.3) is 5.91 Å². The Hall–Kier alpha value is -3.36. The fraction of sp³-hybridized carbons (Fsp3) is 0.400. The summed E-state index contributed by atoms with van der Waals surface area (Å²) in [6.07, 6.45) is 0.965. The molecular weight excluding hydrogens is 374 g/mol. The van der Waals surface area contributed by atoms with Gasteiger partial charge in [0.2, 0.25) is 0 Å². The largest absolute Gasteiger partial charge is 0.508 e. The van der Waals surface area contributed by atoms with Gasteiger partial charge in [0.1, 0.15) is 11.4 Å². The monoisotopic (exact) mass is 399 g/mol. The van der Waals surface area contributed by atoms with Crippen molar-refractivity contribution < 1.29 is 19.4 Å². The van der Waals surface area contributed by atoms with Crippen LogP contribution in [-0.2, 0) is 4.74 Å². The third-order valence-corrected chi connectivity index (χ3v) is 4.26. The van der Waals surface area contributed by atoms with Crippen LogP contribution < -0.4 is 10.2 Å². The first-order valence-corrected chi connectivity index (χ1v) is 9.37. The van der Waals surface area contributed by atoms with E-state index < -0.39 is 11.7 Å². The van der Waals surface area contributed by atoms with Gasteiger partial charge in [-0.05, 0) is 45.0 Å². The van der Waals surface area contributed by atoms with Gasteiger partial charge in [0.15, 0.2) is 5.82 Å². The molecule has 2 N–H and O–H groups in total. The van der Waals surface area contributed by atoms with Crippen LogP contribution in [0.25, 0.3) is 0 Å². The number of phenolic OH excluding ortho intramolecular Hbond substituents is 1. The zero-order valence-electron chi connectivity index (χ0n) is 16.8. The molecule has 3 rings (SSSR count). The highest BCUT2D eigenvalue weighted by Gasteiger charge is 2.24. The number of hydrogen-bond acceptors (Lipinski definition) is 7. The molecule has 1 aliphatic rings. The SMILES string of the molecule is CC(C)(C)OC(=O)Nc1cc(O)cc(C(=O)N2CCN(c3cccnn3)CC2)c1. The van der Waals surface area contributed by atoms with Crippen molar-refractivity contribution in [3.05, 3.63) is 42.1 Å². The van der Waals surface area contributed by atoms with Crippen LogP contribution in [-0.4, -0.2) is 64.0 Å². The predicted molar refractivity (Wildman–Crippen MR) is 108 cm³/mol. The minimum Gasteiger partial charge on any atom is -0.508 e. The Labute approximate surface area is 169 Å². The van der Waals surface area contributed by atoms with Crippen molar-refractivity contribution in [3.63, 3.8) is 0 Å². The van der Waals surface area contributed by atoms with E-state index in [0.29, 0.717) is 37.4 Å². The molecule has 2 amide bonds. The maximum Gasteiger partial charge on any atom is 0.412 e. The van der Waals surface area contributed by atoms with E-state index in [1.54, 1.807) is 31.9 Å². The molecule has 154 valence electrons. The fourth-order valence-electron chi connectivity index (χ4n) is 3.01. The Morgan fingerprint density at radius 3 is 2.48 bits per heavy atom. The number of nitrogens with one attached hydrogen (secondary N) is 1. The lowest BCUT2D eigenvalue weighted by Crippen LogP contribution is -2.49. The molecule has 0 radical (unpaired) electrons. The highest BCUT2D eigenvalue weighted by atomic mass is 16.6. The molecule has 9 heteroatoms. The maximum absolute atomic E-state index is 12.9. The lowest BCUT2D eigenvalue weighted by atomic mass is 10.1. The average Bonchev–Trinajstić information content (AvgIpc) is 2.66. The zero-order chi connectivity index (χ0) is 21.0. The summed E-state index contributed by atoms with van der Waals surface area (Å²) in [6, 6.07) is 7.99. The summed E-state index contributed by atoms with van der Waals surface area (Å²) in [6.45, 7) is 7.55. The van der Waals surface area contributed by atoms with E-state index in [2.05, 4.69) is 20.4 Å². The van der Waals surface area contributed by atoms with Crippen molar-refractivity contribution in [2.24, 2.45) is 0 Å². The van der Waals surface area contributed by atoms with E-state index in [-0.39, 0.29) is 11.7 Å².